The molecule has 0 saturated heterocycles. The largest absolute Gasteiger partial charge is 0.504 e. The zero-order valence-corrected chi connectivity index (χ0v) is 10.0. The SMILES string of the molecule is COc1cc(Cl)c(F)c(C(C)CCN)c1O. The van der Waals surface area contributed by atoms with E-state index in [1.807, 2.05) is 0 Å². The highest BCUT2D eigenvalue weighted by Crippen LogP contribution is 2.40. The fourth-order valence-corrected chi connectivity index (χ4v) is 1.81. The molecule has 1 aromatic carbocycles. The Morgan fingerprint density at radius 3 is 2.75 bits per heavy atom. The van der Waals surface area contributed by atoms with E-state index in [1.54, 1.807) is 6.92 Å². The van der Waals surface area contributed by atoms with Crippen LogP contribution in [-0.4, -0.2) is 18.8 Å². The summed E-state index contributed by atoms with van der Waals surface area (Å²) in [6, 6.07) is 1.25. The number of aromatic hydroxyl groups is 1. The zero-order chi connectivity index (χ0) is 12.3. The molecule has 0 radical (unpaired) electrons. The Kier molecular flexibility index (Phi) is 4.38. The summed E-state index contributed by atoms with van der Waals surface area (Å²) in [5.74, 6) is -0.853. The lowest BCUT2D eigenvalue weighted by atomic mass is 9.96. The quantitative estimate of drug-likeness (QED) is 0.860. The number of benzene rings is 1. The van der Waals surface area contributed by atoms with E-state index < -0.39 is 5.82 Å². The van der Waals surface area contributed by atoms with Crippen LogP contribution in [0.4, 0.5) is 4.39 Å². The summed E-state index contributed by atoms with van der Waals surface area (Å²) in [5.41, 5.74) is 5.57. The van der Waals surface area contributed by atoms with Crippen LogP contribution in [0.5, 0.6) is 11.5 Å². The number of hydrogen-bond acceptors (Lipinski definition) is 3. The molecule has 0 aliphatic rings. The molecule has 0 fully saturated rings. The van der Waals surface area contributed by atoms with E-state index in [-0.39, 0.29) is 28.0 Å². The molecule has 1 atom stereocenters. The van der Waals surface area contributed by atoms with Crippen LogP contribution in [0.3, 0.4) is 0 Å². The zero-order valence-electron chi connectivity index (χ0n) is 9.26. The van der Waals surface area contributed by atoms with E-state index in [4.69, 9.17) is 22.1 Å². The Labute approximate surface area is 99.0 Å². The van der Waals surface area contributed by atoms with Crippen molar-refractivity contribution in [2.24, 2.45) is 5.73 Å². The minimum Gasteiger partial charge on any atom is -0.504 e. The summed E-state index contributed by atoms with van der Waals surface area (Å²) < 4.78 is 18.7. The maximum absolute atomic E-state index is 13.8. The number of phenols is 1. The molecule has 0 aromatic heterocycles. The van der Waals surface area contributed by atoms with Gasteiger partial charge in [-0.1, -0.05) is 18.5 Å². The van der Waals surface area contributed by atoms with Gasteiger partial charge in [-0.2, -0.15) is 0 Å². The number of nitrogens with two attached hydrogens (primary N) is 1. The molecule has 0 saturated carbocycles. The molecule has 0 aliphatic heterocycles. The van der Waals surface area contributed by atoms with E-state index in [2.05, 4.69) is 0 Å². The lowest BCUT2D eigenvalue weighted by Gasteiger charge is -2.16. The van der Waals surface area contributed by atoms with Crippen LogP contribution >= 0.6 is 11.6 Å². The van der Waals surface area contributed by atoms with Crippen molar-refractivity contribution in [3.05, 3.63) is 22.5 Å². The van der Waals surface area contributed by atoms with Crippen LogP contribution in [0.15, 0.2) is 6.07 Å². The van der Waals surface area contributed by atoms with Gasteiger partial charge in [0.15, 0.2) is 11.5 Å². The first-order valence-corrected chi connectivity index (χ1v) is 5.35. The van der Waals surface area contributed by atoms with Crippen molar-refractivity contribution < 1.29 is 14.2 Å². The molecule has 16 heavy (non-hydrogen) atoms. The van der Waals surface area contributed by atoms with Crippen LogP contribution in [0, 0.1) is 5.82 Å². The van der Waals surface area contributed by atoms with Gasteiger partial charge in [0.25, 0.3) is 0 Å². The third kappa shape index (κ3) is 2.39. The highest BCUT2D eigenvalue weighted by molar-refractivity contribution is 6.31. The fourth-order valence-electron chi connectivity index (χ4n) is 1.61. The molecule has 0 amide bonds. The van der Waals surface area contributed by atoms with Gasteiger partial charge in [0.2, 0.25) is 0 Å². The van der Waals surface area contributed by atoms with Gasteiger partial charge in [0.1, 0.15) is 5.82 Å². The molecule has 0 spiro atoms. The third-order valence-electron chi connectivity index (χ3n) is 2.50. The Morgan fingerprint density at radius 2 is 2.25 bits per heavy atom. The molecule has 1 aromatic rings. The van der Waals surface area contributed by atoms with Crippen LogP contribution in [0.1, 0.15) is 24.8 Å². The normalized spacial score (nSPS) is 12.6. The van der Waals surface area contributed by atoms with Crippen LogP contribution in [0.25, 0.3) is 0 Å². The van der Waals surface area contributed by atoms with E-state index >= 15 is 0 Å². The van der Waals surface area contributed by atoms with Crippen molar-refractivity contribution in [1.29, 1.82) is 0 Å². The van der Waals surface area contributed by atoms with E-state index in [0.717, 1.165) is 0 Å². The first kappa shape index (κ1) is 13.1. The third-order valence-corrected chi connectivity index (χ3v) is 2.78. The van der Waals surface area contributed by atoms with Crippen molar-refractivity contribution >= 4 is 11.6 Å². The monoisotopic (exact) mass is 247 g/mol. The van der Waals surface area contributed by atoms with Gasteiger partial charge in [0.05, 0.1) is 12.1 Å². The Balaban J connectivity index is 3.29. The predicted octanol–water partition coefficient (Wildman–Crippen LogP) is 2.65. The van der Waals surface area contributed by atoms with Crippen LogP contribution in [0.2, 0.25) is 5.02 Å². The average Bonchev–Trinajstić information content (AvgIpc) is 2.24. The highest BCUT2D eigenvalue weighted by Gasteiger charge is 2.21. The van der Waals surface area contributed by atoms with Gasteiger partial charge in [0, 0.05) is 11.6 Å². The maximum atomic E-state index is 13.8. The molecule has 0 aliphatic carbocycles. The molecule has 5 heteroatoms. The van der Waals surface area contributed by atoms with Gasteiger partial charge in [-0.05, 0) is 18.9 Å². The molecule has 3 nitrogen and oxygen atoms in total. The smallest absolute Gasteiger partial charge is 0.164 e. The summed E-state index contributed by atoms with van der Waals surface area (Å²) in [5, 5.41) is 9.77. The van der Waals surface area contributed by atoms with Gasteiger partial charge in [-0.25, -0.2) is 4.39 Å². The van der Waals surface area contributed by atoms with E-state index in [9.17, 15) is 9.50 Å². The topological polar surface area (TPSA) is 55.5 Å². The molecule has 3 N–H and O–H groups in total. The second kappa shape index (κ2) is 5.37. The maximum Gasteiger partial charge on any atom is 0.164 e. The van der Waals surface area contributed by atoms with Crippen molar-refractivity contribution in [1.82, 2.24) is 0 Å². The number of phenolic OH excluding ortho intramolecular Hbond substituents is 1. The summed E-state index contributed by atoms with van der Waals surface area (Å²) >= 11 is 5.72. The van der Waals surface area contributed by atoms with Gasteiger partial charge >= 0.3 is 0 Å². The molecule has 1 unspecified atom stereocenters. The van der Waals surface area contributed by atoms with Crippen LogP contribution in [-0.2, 0) is 0 Å². The van der Waals surface area contributed by atoms with Crippen molar-refractivity contribution in [3.63, 3.8) is 0 Å². The van der Waals surface area contributed by atoms with Gasteiger partial charge < -0.3 is 15.6 Å². The van der Waals surface area contributed by atoms with E-state index in [0.29, 0.717) is 13.0 Å². The summed E-state index contributed by atoms with van der Waals surface area (Å²) in [6.45, 7) is 2.19. The fraction of sp³-hybridized carbons (Fsp3) is 0.455. The molecule has 1 rings (SSSR count). The van der Waals surface area contributed by atoms with Gasteiger partial charge in [-0.15, -0.1) is 0 Å². The van der Waals surface area contributed by atoms with E-state index in [1.165, 1.54) is 13.2 Å². The molecular weight excluding hydrogens is 233 g/mol. The Morgan fingerprint density at radius 1 is 1.62 bits per heavy atom. The molecule has 0 heterocycles. The minimum absolute atomic E-state index is 0.0616. The summed E-state index contributed by atoms with van der Waals surface area (Å²) in [6.07, 6.45) is 0.563. The molecule has 90 valence electrons. The standard InChI is InChI=1S/C11H15ClFNO2/c1-6(3-4-14)9-10(13)7(12)5-8(16-2)11(9)15/h5-6,15H,3-4,14H2,1-2H3. The average molecular weight is 248 g/mol. The minimum atomic E-state index is -0.610. The van der Waals surface area contributed by atoms with Crippen molar-refractivity contribution in [3.8, 4) is 11.5 Å². The number of methoxy groups -OCH3 is 1. The predicted molar refractivity (Wildman–Crippen MR) is 61.7 cm³/mol. The number of rotatable bonds is 4. The Hall–Kier alpha value is -1.00. The van der Waals surface area contributed by atoms with Gasteiger partial charge in [-0.3, -0.25) is 0 Å². The number of halogens is 2. The van der Waals surface area contributed by atoms with Crippen LogP contribution < -0.4 is 10.5 Å². The molecular formula is C11H15ClFNO2. The first-order chi connectivity index (χ1) is 7.52. The lowest BCUT2D eigenvalue weighted by Crippen LogP contribution is -2.07. The van der Waals surface area contributed by atoms with Crippen molar-refractivity contribution in [2.75, 3.05) is 13.7 Å². The number of ether oxygens (including phenoxy) is 1. The second-order valence-corrected chi connectivity index (χ2v) is 4.02. The Bertz CT molecular complexity index is 385. The first-order valence-electron chi connectivity index (χ1n) is 4.97. The number of hydrogen-bond donors (Lipinski definition) is 2. The summed E-state index contributed by atoms with van der Waals surface area (Å²) in [7, 11) is 1.39. The highest BCUT2D eigenvalue weighted by atomic mass is 35.5. The lowest BCUT2D eigenvalue weighted by molar-refractivity contribution is 0.364. The van der Waals surface area contributed by atoms with Crippen molar-refractivity contribution in [2.45, 2.75) is 19.3 Å². The second-order valence-electron chi connectivity index (χ2n) is 3.62. The molecule has 0 bridgehead atoms. The summed E-state index contributed by atoms with van der Waals surface area (Å²) in [4.78, 5) is 0.